The highest BCUT2D eigenvalue weighted by molar-refractivity contribution is 5.95. The molecule has 6 fully saturated rings. The lowest BCUT2D eigenvalue weighted by Crippen LogP contribution is -2.69. The average Bonchev–Trinajstić information content (AvgIpc) is 3.16. The molecule has 5 aliphatic carbocycles. The number of ketones is 1. The van der Waals surface area contributed by atoms with Crippen molar-refractivity contribution in [2.75, 3.05) is 6.61 Å². The standard InChI is InChI=1S/C42H62O17/c1-37-11-12-38(2,36(54)55)16-19(37)18-15-20(44)31-39(3)9-8-22(40(4,17-43)21(39)7-10-42(31,6)41(18,5)14-13-37)56-35-30(26(48)25(47)29(58-35)33(52)53)59-34-27(49)23(45)24(46)28(57-34)32(50)51/h15,19,21-31,34-35,43,45-49H,7-14,16-17H2,1-6H3,(H,50,51)(H,52,53)(H,54,55)/t19-,21+,22-,23-,24-,25-,26-,27+,28-,29+,30+,31+,34-,35+,37+,38-,39-,40+,41+,42+/m0/s1. The van der Waals surface area contributed by atoms with Crippen LogP contribution in [0.4, 0.5) is 0 Å². The SMILES string of the molecule is C[C@]1(C(=O)O)CC[C@]2(C)CC[C@]3(C)C(=CC(=O)[C@@H]4[C@@]5(C)CC[C@H](O[C@@H]6O[C@@H](C(=O)O)[C@@H](O)[C@H](O)[C@H]6O[C@@H]6O[C@H](C(=O)O)[C@@H](O)[C@H](O)[C@H]6O)[C@](C)(CO)[C@@H]5CC[C@]43C)[C@@H]2C1. The summed E-state index contributed by atoms with van der Waals surface area (Å²) in [7, 11) is 0. The summed E-state index contributed by atoms with van der Waals surface area (Å²) < 4.78 is 23.2. The number of carbonyl (C=O) groups excluding carboxylic acids is 1. The van der Waals surface area contributed by atoms with E-state index in [0.29, 0.717) is 32.1 Å². The fourth-order valence-corrected chi connectivity index (χ4v) is 13.4. The van der Waals surface area contributed by atoms with Crippen LogP contribution >= 0.6 is 0 Å². The Hall–Kier alpha value is -2.58. The van der Waals surface area contributed by atoms with Crippen LogP contribution in [0.3, 0.4) is 0 Å². The minimum Gasteiger partial charge on any atom is -0.481 e. The molecule has 2 heterocycles. The molecular weight excluding hydrogens is 776 g/mol. The molecule has 4 saturated carbocycles. The van der Waals surface area contributed by atoms with Gasteiger partial charge < -0.3 is 64.9 Å². The van der Waals surface area contributed by atoms with E-state index in [-0.39, 0.29) is 29.5 Å². The maximum absolute atomic E-state index is 14.9. The molecule has 332 valence electrons. The van der Waals surface area contributed by atoms with Gasteiger partial charge in [0.25, 0.3) is 0 Å². The molecule has 0 radical (unpaired) electrons. The number of rotatable bonds is 8. The summed E-state index contributed by atoms with van der Waals surface area (Å²) in [5.74, 6) is -5.02. The number of fused-ring (bicyclic) bond motifs is 7. The number of hydrogen-bond acceptors (Lipinski definition) is 14. The molecule has 0 bridgehead atoms. The van der Waals surface area contributed by atoms with E-state index in [0.717, 1.165) is 24.8 Å². The monoisotopic (exact) mass is 838 g/mol. The molecule has 9 N–H and O–H groups in total. The Morgan fingerprint density at radius 2 is 1.32 bits per heavy atom. The largest absolute Gasteiger partial charge is 0.481 e. The molecule has 0 aromatic heterocycles. The predicted octanol–water partition coefficient (Wildman–Crippen LogP) is 1.22. The van der Waals surface area contributed by atoms with Gasteiger partial charge in [-0.25, -0.2) is 9.59 Å². The lowest BCUT2D eigenvalue weighted by molar-refractivity contribution is -0.372. The number of aliphatic hydroxyl groups is 6. The van der Waals surface area contributed by atoms with Gasteiger partial charge in [0.2, 0.25) is 0 Å². The highest BCUT2D eigenvalue weighted by Crippen LogP contribution is 2.75. The summed E-state index contributed by atoms with van der Waals surface area (Å²) in [4.78, 5) is 51.4. The summed E-state index contributed by atoms with van der Waals surface area (Å²) >= 11 is 0. The zero-order chi connectivity index (χ0) is 43.6. The second-order valence-corrected chi connectivity index (χ2v) is 20.5. The summed E-state index contributed by atoms with van der Waals surface area (Å²) in [6.07, 6.45) is -13.8. The number of aliphatic carboxylic acids is 3. The number of carboxylic acid groups (broad SMARTS) is 3. The van der Waals surface area contributed by atoms with Crippen LogP contribution in [0.1, 0.15) is 99.3 Å². The Bertz CT molecular complexity index is 1750. The number of carboxylic acids is 3. The highest BCUT2D eigenvalue weighted by Gasteiger charge is 2.71. The van der Waals surface area contributed by atoms with Crippen LogP contribution in [-0.2, 0) is 38.1 Å². The van der Waals surface area contributed by atoms with Crippen molar-refractivity contribution in [1.82, 2.24) is 0 Å². The van der Waals surface area contributed by atoms with Crippen LogP contribution < -0.4 is 0 Å². The van der Waals surface area contributed by atoms with Gasteiger partial charge >= 0.3 is 17.9 Å². The van der Waals surface area contributed by atoms with Crippen molar-refractivity contribution < 1.29 is 84.1 Å². The van der Waals surface area contributed by atoms with Crippen LogP contribution in [-0.4, -0.2) is 144 Å². The van der Waals surface area contributed by atoms with Crippen molar-refractivity contribution in [1.29, 1.82) is 0 Å². The fourth-order valence-electron chi connectivity index (χ4n) is 13.4. The zero-order valence-electron chi connectivity index (χ0n) is 34.5. The normalized spacial score (nSPS) is 53.5. The Morgan fingerprint density at radius 1 is 0.729 bits per heavy atom. The van der Waals surface area contributed by atoms with Crippen LogP contribution in [0.15, 0.2) is 11.6 Å². The van der Waals surface area contributed by atoms with Gasteiger partial charge in [-0.2, -0.15) is 0 Å². The van der Waals surface area contributed by atoms with E-state index in [1.54, 1.807) is 0 Å². The van der Waals surface area contributed by atoms with Crippen molar-refractivity contribution in [3.63, 3.8) is 0 Å². The Balaban J connectivity index is 1.19. The van der Waals surface area contributed by atoms with Gasteiger partial charge in [-0.05, 0) is 104 Å². The first kappa shape index (κ1) is 44.5. The Morgan fingerprint density at radius 3 is 1.92 bits per heavy atom. The van der Waals surface area contributed by atoms with E-state index >= 15 is 0 Å². The first-order chi connectivity index (χ1) is 27.3. The van der Waals surface area contributed by atoms with E-state index in [4.69, 9.17) is 18.9 Å². The van der Waals surface area contributed by atoms with Crippen molar-refractivity contribution >= 4 is 23.7 Å². The van der Waals surface area contributed by atoms with E-state index in [9.17, 15) is 65.1 Å². The number of aliphatic hydroxyl groups excluding tert-OH is 6. The molecule has 17 heteroatoms. The van der Waals surface area contributed by atoms with E-state index in [1.165, 1.54) is 0 Å². The van der Waals surface area contributed by atoms with Crippen molar-refractivity contribution in [3.05, 3.63) is 11.6 Å². The molecule has 0 unspecified atom stereocenters. The van der Waals surface area contributed by atoms with E-state index in [1.807, 2.05) is 19.9 Å². The lowest BCUT2D eigenvalue weighted by atomic mass is 9.33. The van der Waals surface area contributed by atoms with Gasteiger partial charge in [-0.15, -0.1) is 0 Å². The second kappa shape index (κ2) is 14.8. The lowest BCUT2D eigenvalue weighted by Gasteiger charge is -2.70. The topological polar surface area (TPSA) is 287 Å². The second-order valence-electron chi connectivity index (χ2n) is 20.5. The Kier molecular flexibility index (Phi) is 11.1. The molecule has 7 aliphatic rings. The van der Waals surface area contributed by atoms with Gasteiger partial charge in [0.15, 0.2) is 30.6 Å². The third-order valence-electron chi connectivity index (χ3n) is 17.4. The summed E-state index contributed by atoms with van der Waals surface area (Å²) in [6, 6.07) is 0. The smallest absolute Gasteiger partial charge is 0.335 e. The quantitative estimate of drug-likeness (QED) is 0.155. The molecule has 2 saturated heterocycles. The van der Waals surface area contributed by atoms with Crippen LogP contribution in [0.2, 0.25) is 0 Å². The molecule has 0 aromatic rings. The maximum Gasteiger partial charge on any atom is 0.335 e. The van der Waals surface area contributed by atoms with Crippen molar-refractivity contribution in [3.8, 4) is 0 Å². The summed E-state index contributed by atoms with van der Waals surface area (Å²) in [5.41, 5.74) is -2.63. The number of hydrogen-bond donors (Lipinski definition) is 9. The third-order valence-corrected chi connectivity index (χ3v) is 17.4. The molecule has 0 aromatic carbocycles. The Labute approximate surface area is 342 Å². The van der Waals surface area contributed by atoms with E-state index in [2.05, 4.69) is 27.7 Å². The number of carbonyl (C=O) groups is 4. The van der Waals surface area contributed by atoms with Crippen molar-refractivity contribution in [2.45, 2.75) is 167 Å². The average molecular weight is 839 g/mol. The van der Waals surface area contributed by atoms with Gasteiger partial charge in [0.1, 0.15) is 36.6 Å². The molecule has 7 rings (SSSR count). The van der Waals surface area contributed by atoms with Crippen LogP contribution in [0, 0.1) is 50.2 Å². The molecule has 2 aliphatic heterocycles. The molecule has 59 heavy (non-hydrogen) atoms. The molecule has 17 nitrogen and oxygen atoms in total. The summed E-state index contributed by atoms with van der Waals surface area (Å²) in [5, 5.41) is 94.3. The number of ether oxygens (including phenoxy) is 4. The maximum atomic E-state index is 14.9. The van der Waals surface area contributed by atoms with Crippen molar-refractivity contribution in [2.24, 2.45) is 50.2 Å². The van der Waals surface area contributed by atoms with Gasteiger partial charge in [0, 0.05) is 11.3 Å². The van der Waals surface area contributed by atoms with Gasteiger partial charge in [-0.3, -0.25) is 9.59 Å². The third kappa shape index (κ3) is 6.46. The zero-order valence-corrected chi connectivity index (χ0v) is 34.5. The van der Waals surface area contributed by atoms with Gasteiger partial charge in [0.05, 0.1) is 18.1 Å². The molecular formula is C42H62O17. The van der Waals surface area contributed by atoms with Gasteiger partial charge in [-0.1, -0.05) is 40.2 Å². The van der Waals surface area contributed by atoms with Crippen LogP contribution in [0.5, 0.6) is 0 Å². The summed E-state index contributed by atoms with van der Waals surface area (Å²) in [6.45, 7) is 12.0. The fraction of sp³-hybridized carbons (Fsp3) is 0.857. The molecule has 20 atom stereocenters. The van der Waals surface area contributed by atoms with Crippen LogP contribution in [0.25, 0.3) is 0 Å². The molecule has 0 amide bonds. The first-order valence-corrected chi connectivity index (χ1v) is 20.9. The minimum absolute atomic E-state index is 0.0119. The minimum atomic E-state index is -2.10. The van der Waals surface area contributed by atoms with E-state index < -0.39 is 125 Å². The first-order valence-electron chi connectivity index (χ1n) is 20.9. The number of allylic oxidation sites excluding steroid dienone is 2. The molecule has 0 spiro atoms. The highest BCUT2D eigenvalue weighted by atomic mass is 16.8. The predicted molar refractivity (Wildman–Crippen MR) is 201 cm³/mol.